The predicted molar refractivity (Wildman–Crippen MR) is 121 cm³/mol. The summed E-state index contributed by atoms with van der Waals surface area (Å²) in [5.74, 6) is 2.41. The van der Waals surface area contributed by atoms with Crippen LogP contribution in [0.4, 0.5) is 0 Å². The molecule has 2 aliphatic heterocycles. The molecular formula is C25H35N3O3. The molecule has 3 heterocycles. The number of hydrogen-bond acceptors (Lipinski definition) is 5. The second kappa shape index (κ2) is 10.3. The first kappa shape index (κ1) is 21.9. The van der Waals surface area contributed by atoms with E-state index in [1.807, 2.05) is 17.0 Å². The maximum atomic E-state index is 12.8. The lowest BCUT2D eigenvalue weighted by Gasteiger charge is -2.34. The molecule has 0 aliphatic carbocycles. The third-order valence-corrected chi connectivity index (χ3v) is 6.48. The molecule has 1 unspecified atom stereocenters. The van der Waals surface area contributed by atoms with Crippen molar-refractivity contribution in [1.82, 2.24) is 14.7 Å². The number of hydrogen-bond donors (Lipinski definition) is 0. The van der Waals surface area contributed by atoms with Gasteiger partial charge in [0, 0.05) is 44.8 Å². The highest BCUT2D eigenvalue weighted by molar-refractivity contribution is 5.79. The lowest BCUT2D eigenvalue weighted by molar-refractivity contribution is -0.137. The van der Waals surface area contributed by atoms with E-state index in [0.717, 1.165) is 76.7 Å². The summed E-state index contributed by atoms with van der Waals surface area (Å²) < 4.78 is 11.5. The van der Waals surface area contributed by atoms with Gasteiger partial charge < -0.3 is 14.1 Å². The van der Waals surface area contributed by atoms with Crippen LogP contribution in [0.3, 0.4) is 0 Å². The third kappa shape index (κ3) is 5.49. The molecule has 1 aromatic carbocycles. The molecule has 2 aromatic rings. The number of amides is 1. The zero-order valence-electron chi connectivity index (χ0n) is 18.9. The monoisotopic (exact) mass is 425 g/mol. The van der Waals surface area contributed by atoms with Gasteiger partial charge in [-0.05, 0) is 63.1 Å². The Bertz CT molecular complexity index is 848. The van der Waals surface area contributed by atoms with Crippen LogP contribution in [0, 0.1) is 5.92 Å². The third-order valence-electron chi connectivity index (χ3n) is 6.48. The largest absolute Gasteiger partial charge is 0.492 e. The smallest absolute Gasteiger partial charge is 0.226 e. The number of furan rings is 1. The molecule has 6 heteroatoms. The van der Waals surface area contributed by atoms with Gasteiger partial charge in [-0.3, -0.25) is 14.6 Å². The molecule has 0 bridgehead atoms. The van der Waals surface area contributed by atoms with Gasteiger partial charge in [0.1, 0.15) is 18.1 Å². The van der Waals surface area contributed by atoms with Crippen LogP contribution in [0.15, 0.2) is 41.0 Å². The van der Waals surface area contributed by atoms with Gasteiger partial charge in [-0.15, -0.1) is 0 Å². The molecule has 168 valence electrons. The van der Waals surface area contributed by atoms with E-state index in [1.165, 1.54) is 11.1 Å². The van der Waals surface area contributed by atoms with Crippen LogP contribution in [-0.2, 0) is 24.4 Å². The van der Waals surface area contributed by atoms with Crippen molar-refractivity contribution in [3.05, 3.63) is 53.5 Å². The van der Waals surface area contributed by atoms with Crippen LogP contribution >= 0.6 is 0 Å². The van der Waals surface area contributed by atoms with Gasteiger partial charge in [0.25, 0.3) is 0 Å². The fourth-order valence-corrected chi connectivity index (χ4v) is 4.81. The second-order valence-electron chi connectivity index (χ2n) is 8.67. The van der Waals surface area contributed by atoms with Gasteiger partial charge in [-0.2, -0.15) is 0 Å². The van der Waals surface area contributed by atoms with Crippen LogP contribution in [0.2, 0.25) is 0 Å². The van der Waals surface area contributed by atoms with Crippen molar-refractivity contribution in [2.24, 2.45) is 5.92 Å². The lowest BCUT2D eigenvalue weighted by Crippen LogP contribution is -2.44. The second-order valence-corrected chi connectivity index (χ2v) is 8.67. The number of rotatable bonds is 7. The van der Waals surface area contributed by atoms with Gasteiger partial charge in [0.15, 0.2) is 0 Å². The molecule has 0 radical (unpaired) electrons. The Balaban J connectivity index is 1.40. The highest BCUT2D eigenvalue weighted by atomic mass is 16.5. The standard InChI is InChI=1S/C25H35N3O3/c1-3-28(4-2)25(29)21-7-5-11-26(17-21)16-20-9-10-24-22(15-20)18-27(12-14-31-24)19-23-8-6-13-30-23/h6,8-10,13,15,21H,3-5,7,11-12,14,16-19H2,1-2H3. The highest BCUT2D eigenvalue weighted by Crippen LogP contribution is 2.27. The first-order valence-electron chi connectivity index (χ1n) is 11.7. The topological polar surface area (TPSA) is 49.2 Å². The number of piperidine rings is 1. The number of fused-ring (bicyclic) bond motifs is 1. The summed E-state index contributed by atoms with van der Waals surface area (Å²) in [7, 11) is 0. The van der Waals surface area contributed by atoms with E-state index in [1.54, 1.807) is 6.26 Å². The minimum atomic E-state index is 0.126. The number of benzene rings is 1. The average molecular weight is 426 g/mol. The first-order chi connectivity index (χ1) is 15.2. The summed E-state index contributed by atoms with van der Waals surface area (Å²) >= 11 is 0. The maximum absolute atomic E-state index is 12.8. The predicted octanol–water partition coefficient (Wildman–Crippen LogP) is 3.75. The fourth-order valence-electron chi connectivity index (χ4n) is 4.81. The quantitative estimate of drug-likeness (QED) is 0.676. The van der Waals surface area contributed by atoms with E-state index < -0.39 is 0 Å². The van der Waals surface area contributed by atoms with Gasteiger partial charge in [-0.25, -0.2) is 0 Å². The molecule has 2 aliphatic rings. The number of likely N-dealkylation sites (tertiary alicyclic amines) is 1. The molecule has 1 fully saturated rings. The van der Waals surface area contributed by atoms with Crippen molar-refractivity contribution in [2.75, 3.05) is 39.3 Å². The first-order valence-corrected chi connectivity index (χ1v) is 11.7. The van der Waals surface area contributed by atoms with Crippen LogP contribution in [0.5, 0.6) is 5.75 Å². The SMILES string of the molecule is CCN(CC)C(=O)C1CCCN(Cc2ccc3c(c2)CN(Cc2ccco2)CCO3)C1. The van der Waals surface area contributed by atoms with Crippen molar-refractivity contribution < 1.29 is 13.9 Å². The van der Waals surface area contributed by atoms with E-state index in [-0.39, 0.29) is 5.92 Å². The zero-order valence-corrected chi connectivity index (χ0v) is 18.9. The lowest BCUT2D eigenvalue weighted by atomic mass is 9.95. The minimum absolute atomic E-state index is 0.126. The van der Waals surface area contributed by atoms with Crippen molar-refractivity contribution in [1.29, 1.82) is 0 Å². The van der Waals surface area contributed by atoms with Crippen molar-refractivity contribution in [3.63, 3.8) is 0 Å². The zero-order chi connectivity index (χ0) is 21.6. The Hall–Kier alpha value is -2.31. The van der Waals surface area contributed by atoms with Crippen LogP contribution in [0.25, 0.3) is 0 Å². The van der Waals surface area contributed by atoms with E-state index >= 15 is 0 Å². The Kier molecular flexibility index (Phi) is 7.30. The van der Waals surface area contributed by atoms with Crippen LogP contribution < -0.4 is 4.74 Å². The van der Waals surface area contributed by atoms with Gasteiger partial charge >= 0.3 is 0 Å². The maximum Gasteiger partial charge on any atom is 0.226 e. The number of nitrogens with zero attached hydrogens (tertiary/aromatic N) is 3. The average Bonchev–Trinajstić information content (AvgIpc) is 3.21. The molecule has 1 aromatic heterocycles. The molecular weight excluding hydrogens is 390 g/mol. The Morgan fingerprint density at radius 1 is 1.13 bits per heavy atom. The van der Waals surface area contributed by atoms with Crippen LogP contribution in [-0.4, -0.2) is 59.9 Å². The van der Waals surface area contributed by atoms with Gasteiger partial charge in [-0.1, -0.05) is 6.07 Å². The number of carbonyl (C=O) groups excluding carboxylic acids is 1. The van der Waals surface area contributed by atoms with Crippen molar-refractivity contribution in [2.45, 2.75) is 46.3 Å². The van der Waals surface area contributed by atoms with E-state index in [9.17, 15) is 4.79 Å². The highest BCUT2D eigenvalue weighted by Gasteiger charge is 2.28. The summed E-state index contributed by atoms with van der Waals surface area (Å²) in [4.78, 5) is 19.6. The summed E-state index contributed by atoms with van der Waals surface area (Å²) in [6.45, 7) is 11.7. The normalized spacial score (nSPS) is 20.0. The molecule has 31 heavy (non-hydrogen) atoms. The van der Waals surface area contributed by atoms with Gasteiger partial charge in [0.05, 0.1) is 18.7 Å². The Labute approximate surface area is 185 Å². The molecule has 4 rings (SSSR count). The molecule has 0 spiro atoms. The van der Waals surface area contributed by atoms with Gasteiger partial charge in [0.2, 0.25) is 5.91 Å². The van der Waals surface area contributed by atoms with E-state index in [2.05, 4.69) is 41.8 Å². The molecule has 1 saturated heterocycles. The molecule has 1 amide bonds. The molecule has 0 N–H and O–H groups in total. The summed E-state index contributed by atoms with van der Waals surface area (Å²) in [6, 6.07) is 10.5. The number of carbonyl (C=O) groups is 1. The molecule has 1 atom stereocenters. The molecule has 6 nitrogen and oxygen atoms in total. The summed E-state index contributed by atoms with van der Waals surface area (Å²) in [5.41, 5.74) is 2.52. The molecule has 0 saturated carbocycles. The van der Waals surface area contributed by atoms with E-state index in [4.69, 9.17) is 9.15 Å². The van der Waals surface area contributed by atoms with Crippen molar-refractivity contribution in [3.8, 4) is 5.75 Å². The van der Waals surface area contributed by atoms with Crippen LogP contribution in [0.1, 0.15) is 43.6 Å². The fraction of sp³-hybridized carbons (Fsp3) is 0.560. The van der Waals surface area contributed by atoms with Crippen molar-refractivity contribution >= 4 is 5.91 Å². The Morgan fingerprint density at radius 2 is 2.00 bits per heavy atom. The van der Waals surface area contributed by atoms with E-state index in [0.29, 0.717) is 12.5 Å². The minimum Gasteiger partial charge on any atom is -0.492 e. The summed E-state index contributed by atoms with van der Waals surface area (Å²) in [5, 5.41) is 0. The number of ether oxygens (including phenoxy) is 1. The Morgan fingerprint density at radius 3 is 2.77 bits per heavy atom. The summed E-state index contributed by atoms with van der Waals surface area (Å²) in [6.07, 6.45) is 3.82.